The van der Waals surface area contributed by atoms with Gasteiger partial charge < -0.3 is 9.47 Å². The molecule has 0 aromatic heterocycles. The first-order chi connectivity index (χ1) is 9.83. The van der Waals surface area contributed by atoms with E-state index in [2.05, 4.69) is 12.2 Å². The molecule has 5 atom stereocenters. The number of benzene rings is 1. The average molecular weight is 270 g/mol. The molecule has 2 bridgehead atoms. The third kappa shape index (κ3) is 1.93. The summed E-state index contributed by atoms with van der Waals surface area (Å²) in [6, 6.07) is 9.91. The van der Waals surface area contributed by atoms with E-state index in [4.69, 9.17) is 9.47 Å². The summed E-state index contributed by atoms with van der Waals surface area (Å²) in [7, 11) is 0. The Hall–Kier alpha value is -1.45. The van der Waals surface area contributed by atoms with Crippen LogP contribution in [0.5, 0.6) is 0 Å². The number of carbonyl (C=O) groups is 1. The molecule has 0 unspecified atom stereocenters. The summed E-state index contributed by atoms with van der Waals surface area (Å²) in [4.78, 5) is 12.5. The molecule has 3 aliphatic rings. The van der Waals surface area contributed by atoms with Gasteiger partial charge in [-0.15, -0.1) is 0 Å². The number of rotatable bonds is 3. The van der Waals surface area contributed by atoms with Gasteiger partial charge in [0, 0.05) is 5.92 Å². The maximum atomic E-state index is 12.5. The second-order valence-corrected chi connectivity index (χ2v) is 6.00. The standard InChI is InChI=1S/C17H18O3/c18-16-15-13-7-6-12(8-13)14(15)10-20-17(16)19-9-11-4-2-1-3-5-11/h1-7,12-15,17H,8-10H2/t12-,13+,14-,15+,17+/m1/s1. The minimum atomic E-state index is -0.677. The molecule has 3 nitrogen and oxygen atoms in total. The molecular weight excluding hydrogens is 252 g/mol. The number of hydrogen-bond donors (Lipinski definition) is 0. The van der Waals surface area contributed by atoms with E-state index in [0.29, 0.717) is 31.0 Å². The topological polar surface area (TPSA) is 35.5 Å². The SMILES string of the molecule is O=C1[C@@H](OCc2ccccc2)OC[C@H]2[C@@H]1[C@H]1C=C[C@@H]2C1. The van der Waals surface area contributed by atoms with E-state index in [0.717, 1.165) is 12.0 Å². The summed E-state index contributed by atoms with van der Waals surface area (Å²) in [5.41, 5.74) is 1.07. The molecule has 0 radical (unpaired) electrons. The van der Waals surface area contributed by atoms with E-state index in [1.807, 2.05) is 30.3 Å². The molecule has 1 aromatic rings. The van der Waals surface area contributed by atoms with E-state index in [1.54, 1.807) is 0 Å². The van der Waals surface area contributed by atoms with Crippen LogP contribution in [0.4, 0.5) is 0 Å². The number of fused-ring (bicyclic) bond motifs is 5. The summed E-state index contributed by atoms with van der Waals surface area (Å²) >= 11 is 0. The number of hydrogen-bond acceptors (Lipinski definition) is 3. The van der Waals surface area contributed by atoms with Crippen LogP contribution in [0.2, 0.25) is 0 Å². The van der Waals surface area contributed by atoms with E-state index in [9.17, 15) is 4.79 Å². The highest BCUT2D eigenvalue weighted by molar-refractivity contribution is 5.86. The molecule has 2 fully saturated rings. The molecule has 2 aliphatic carbocycles. The van der Waals surface area contributed by atoms with Crippen molar-refractivity contribution in [3.8, 4) is 0 Å². The fourth-order valence-electron chi connectivity index (χ4n) is 3.89. The Morgan fingerprint density at radius 2 is 1.95 bits per heavy atom. The Labute approximate surface area is 118 Å². The van der Waals surface area contributed by atoms with Crippen LogP contribution in [0.25, 0.3) is 0 Å². The quantitative estimate of drug-likeness (QED) is 0.792. The third-order valence-corrected chi connectivity index (χ3v) is 4.87. The molecule has 4 rings (SSSR count). The third-order valence-electron chi connectivity index (χ3n) is 4.87. The fourth-order valence-corrected chi connectivity index (χ4v) is 3.89. The lowest BCUT2D eigenvalue weighted by Crippen LogP contribution is -2.45. The summed E-state index contributed by atoms with van der Waals surface area (Å²) in [5, 5.41) is 0. The lowest BCUT2D eigenvalue weighted by atomic mass is 9.79. The van der Waals surface area contributed by atoms with Crippen molar-refractivity contribution in [2.45, 2.75) is 19.3 Å². The Morgan fingerprint density at radius 1 is 1.15 bits per heavy atom. The molecule has 3 heteroatoms. The van der Waals surface area contributed by atoms with Crippen molar-refractivity contribution in [2.24, 2.45) is 23.7 Å². The van der Waals surface area contributed by atoms with Gasteiger partial charge in [-0.2, -0.15) is 0 Å². The van der Waals surface area contributed by atoms with Crippen molar-refractivity contribution in [3.05, 3.63) is 48.0 Å². The maximum absolute atomic E-state index is 12.5. The molecule has 1 aliphatic heterocycles. The van der Waals surface area contributed by atoms with Gasteiger partial charge in [0.15, 0.2) is 5.78 Å². The van der Waals surface area contributed by atoms with Gasteiger partial charge in [-0.05, 0) is 29.7 Å². The lowest BCUT2D eigenvalue weighted by molar-refractivity contribution is -0.198. The average Bonchev–Trinajstić information content (AvgIpc) is 3.09. The van der Waals surface area contributed by atoms with Crippen molar-refractivity contribution in [1.82, 2.24) is 0 Å². The first-order valence-corrected chi connectivity index (χ1v) is 7.32. The molecule has 0 N–H and O–H groups in total. The number of carbonyl (C=O) groups excluding carboxylic acids is 1. The molecule has 1 heterocycles. The number of allylic oxidation sites excluding steroid dienone is 2. The molecule has 0 spiro atoms. The summed E-state index contributed by atoms with van der Waals surface area (Å²) in [5.74, 6) is 1.62. The summed E-state index contributed by atoms with van der Waals surface area (Å²) in [6.07, 6.45) is 4.91. The van der Waals surface area contributed by atoms with Gasteiger partial charge in [0.25, 0.3) is 0 Å². The molecule has 0 amide bonds. The fraction of sp³-hybridized carbons (Fsp3) is 0.471. The largest absolute Gasteiger partial charge is 0.346 e. The second kappa shape index (κ2) is 4.83. The molecule has 1 saturated heterocycles. The molecular formula is C17H18O3. The number of ether oxygens (including phenoxy) is 2. The zero-order valence-electron chi connectivity index (χ0n) is 11.3. The van der Waals surface area contributed by atoms with Crippen molar-refractivity contribution in [1.29, 1.82) is 0 Å². The highest BCUT2D eigenvalue weighted by atomic mass is 16.7. The molecule has 1 aromatic carbocycles. The van der Waals surface area contributed by atoms with Gasteiger partial charge in [0.2, 0.25) is 6.29 Å². The van der Waals surface area contributed by atoms with Crippen molar-refractivity contribution < 1.29 is 14.3 Å². The smallest absolute Gasteiger partial charge is 0.218 e. The Morgan fingerprint density at radius 3 is 2.80 bits per heavy atom. The van der Waals surface area contributed by atoms with Gasteiger partial charge in [0.05, 0.1) is 13.2 Å². The zero-order chi connectivity index (χ0) is 13.5. The van der Waals surface area contributed by atoms with Gasteiger partial charge >= 0.3 is 0 Å². The van der Waals surface area contributed by atoms with E-state index >= 15 is 0 Å². The van der Waals surface area contributed by atoms with Crippen LogP contribution in [-0.4, -0.2) is 18.7 Å². The van der Waals surface area contributed by atoms with Crippen molar-refractivity contribution in [3.63, 3.8) is 0 Å². The first kappa shape index (κ1) is 12.3. The predicted octanol–water partition coefficient (Wildman–Crippen LogP) is 2.57. The zero-order valence-corrected chi connectivity index (χ0v) is 11.3. The van der Waals surface area contributed by atoms with Crippen LogP contribution < -0.4 is 0 Å². The van der Waals surface area contributed by atoms with Crippen molar-refractivity contribution >= 4 is 5.78 Å². The first-order valence-electron chi connectivity index (χ1n) is 7.32. The predicted molar refractivity (Wildman–Crippen MR) is 73.7 cm³/mol. The molecule has 104 valence electrons. The Bertz CT molecular complexity index is 536. The van der Waals surface area contributed by atoms with E-state index in [-0.39, 0.29) is 11.7 Å². The van der Waals surface area contributed by atoms with Crippen LogP contribution in [-0.2, 0) is 20.9 Å². The van der Waals surface area contributed by atoms with Crippen LogP contribution in [0, 0.1) is 23.7 Å². The summed E-state index contributed by atoms with van der Waals surface area (Å²) < 4.78 is 11.4. The normalized spacial score (nSPS) is 38.2. The second-order valence-electron chi connectivity index (χ2n) is 6.00. The van der Waals surface area contributed by atoms with Gasteiger partial charge in [-0.25, -0.2) is 0 Å². The minimum Gasteiger partial charge on any atom is -0.346 e. The van der Waals surface area contributed by atoms with Crippen molar-refractivity contribution in [2.75, 3.05) is 6.61 Å². The highest BCUT2D eigenvalue weighted by Crippen LogP contribution is 2.50. The monoisotopic (exact) mass is 270 g/mol. The highest BCUT2D eigenvalue weighted by Gasteiger charge is 2.52. The van der Waals surface area contributed by atoms with Crippen LogP contribution >= 0.6 is 0 Å². The van der Waals surface area contributed by atoms with Crippen LogP contribution in [0.1, 0.15) is 12.0 Å². The van der Waals surface area contributed by atoms with E-state index < -0.39 is 6.29 Å². The van der Waals surface area contributed by atoms with Crippen LogP contribution in [0.15, 0.2) is 42.5 Å². The van der Waals surface area contributed by atoms with Gasteiger partial charge in [-0.3, -0.25) is 4.79 Å². The number of Topliss-reactive ketones (excluding diaryl/α,β-unsaturated/α-hetero) is 1. The number of ketones is 1. The summed E-state index contributed by atoms with van der Waals surface area (Å²) in [6.45, 7) is 1.08. The lowest BCUT2D eigenvalue weighted by Gasteiger charge is -2.35. The van der Waals surface area contributed by atoms with Gasteiger partial charge in [-0.1, -0.05) is 42.5 Å². The Kier molecular flexibility index (Phi) is 2.97. The molecule has 1 saturated carbocycles. The van der Waals surface area contributed by atoms with E-state index in [1.165, 1.54) is 0 Å². The van der Waals surface area contributed by atoms with Gasteiger partial charge in [0.1, 0.15) is 0 Å². The minimum absolute atomic E-state index is 0.125. The van der Waals surface area contributed by atoms with Crippen LogP contribution in [0.3, 0.4) is 0 Å². The molecule has 20 heavy (non-hydrogen) atoms. The Balaban J connectivity index is 1.43. The maximum Gasteiger partial charge on any atom is 0.218 e.